The molecule has 0 rings (SSSR count). The number of hydrogen-bond acceptors (Lipinski definition) is 6. The van der Waals surface area contributed by atoms with Crippen molar-refractivity contribution in [1.82, 2.24) is 0 Å². The van der Waals surface area contributed by atoms with E-state index in [4.69, 9.17) is 29.3 Å². The highest BCUT2D eigenvalue weighted by Crippen LogP contribution is 1.70. The molecule has 7 heteroatoms. The second-order valence-corrected chi connectivity index (χ2v) is 2.36. The van der Waals surface area contributed by atoms with Gasteiger partial charge in [-0.1, -0.05) is 0 Å². The van der Waals surface area contributed by atoms with Crippen molar-refractivity contribution < 1.29 is 18.4 Å². The topological polar surface area (TPSA) is 100 Å². The number of hydrogen-bond donors (Lipinski definition) is 2. The molecular weight excluding hydrogens is 192 g/mol. The normalized spacial score (nSPS) is 6.31. The van der Waals surface area contributed by atoms with Gasteiger partial charge in [-0.25, -0.2) is 20.4 Å². The van der Waals surface area contributed by atoms with E-state index >= 15 is 0 Å². The van der Waals surface area contributed by atoms with Gasteiger partial charge in [0.15, 0.2) is 0 Å². The van der Waals surface area contributed by atoms with Gasteiger partial charge < -0.3 is 8.85 Å². The Morgan fingerprint density at radius 1 is 1.08 bits per heavy atom. The largest absolute Gasteiger partial charge is 0.399 e. The van der Waals surface area contributed by atoms with E-state index in [0.29, 0.717) is 0 Å². The third-order valence-electron chi connectivity index (χ3n) is 0.575. The molecule has 0 bridgehead atoms. The van der Waals surface area contributed by atoms with E-state index < -0.39 is 10.0 Å². The Morgan fingerprint density at radius 2 is 1.31 bits per heavy atom. The molecular formula is C6H14N2O4Si. The highest BCUT2D eigenvalue weighted by molar-refractivity contribution is 6.17. The predicted molar refractivity (Wildman–Crippen MR) is 48.6 cm³/mol. The second-order valence-electron chi connectivity index (χ2n) is 1.31. The fourth-order valence-corrected chi connectivity index (χ4v) is 0.677. The minimum Gasteiger partial charge on any atom is -0.399 e. The average molecular weight is 206 g/mol. The standard InChI is InChI=1S/C4H12O2Si.2CHNO/c1-3-5-7-6-4-2;2*2-1-3/h3-4,7H2,1-2H3;2*2H. The van der Waals surface area contributed by atoms with E-state index in [-0.39, 0.29) is 0 Å². The van der Waals surface area contributed by atoms with Gasteiger partial charge in [-0.05, 0) is 13.8 Å². The molecule has 0 fully saturated rings. The maximum Gasteiger partial charge on any atom is 0.304 e. The maximum atomic E-state index is 8.35. The second kappa shape index (κ2) is 30.7. The summed E-state index contributed by atoms with van der Waals surface area (Å²) in [5.74, 6) is 0. The summed E-state index contributed by atoms with van der Waals surface area (Å²) in [5, 5.41) is 10.8. The summed E-state index contributed by atoms with van der Waals surface area (Å²) in [5.41, 5.74) is 0. The fourth-order valence-electron chi connectivity index (χ4n) is 0.226. The monoisotopic (exact) mass is 206 g/mol. The summed E-state index contributed by atoms with van der Waals surface area (Å²) < 4.78 is 9.98. The first-order chi connectivity index (χ1) is 6.24. The van der Waals surface area contributed by atoms with E-state index in [1.165, 1.54) is 0 Å². The van der Waals surface area contributed by atoms with Gasteiger partial charge in [0.25, 0.3) is 0 Å². The highest BCUT2D eigenvalue weighted by Gasteiger charge is 1.79. The van der Waals surface area contributed by atoms with E-state index in [1.54, 1.807) is 0 Å². The van der Waals surface area contributed by atoms with Crippen LogP contribution in [0.1, 0.15) is 13.8 Å². The predicted octanol–water partition coefficient (Wildman–Crippen LogP) is -0.140. The van der Waals surface area contributed by atoms with Gasteiger partial charge >= 0.3 is 10.0 Å². The van der Waals surface area contributed by atoms with Crippen LogP contribution >= 0.6 is 0 Å². The van der Waals surface area contributed by atoms with Gasteiger partial charge in [0, 0.05) is 13.2 Å². The number of rotatable bonds is 4. The van der Waals surface area contributed by atoms with E-state index in [9.17, 15) is 0 Å². The Morgan fingerprint density at radius 3 is 1.46 bits per heavy atom. The summed E-state index contributed by atoms with van der Waals surface area (Å²) in [4.78, 5) is 16.7. The van der Waals surface area contributed by atoms with Gasteiger partial charge in [0.2, 0.25) is 12.2 Å². The first-order valence-electron chi connectivity index (χ1n) is 3.48. The van der Waals surface area contributed by atoms with E-state index in [1.807, 2.05) is 13.8 Å². The highest BCUT2D eigenvalue weighted by atomic mass is 28.3. The van der Waals surface area contributed by atoms with Crippen LogP contribution in [0.2, 0.25) is 0 Å². The Kier molecular flexibility index (Phi) is 42.1. The van der Waals surface area contributed by atoms with Gasteiger partial charge in [0.05, 0.1) is 0 Å². The molecule has 0 saturated heterocycles. The third-order valence-corrected chi connectivity index (χ3v) is 1.72. The van der Waals surface area contributed by atoms with E-state index in [0.717, 1.165) is 25.4 Å². The molecule has 6 nitrogen and oxygen atoms in total. The summed E-state index contributed by atoms with van der Waals surface area (Å²) in [6, 6.07) is 0. The Bertz CT molecular complexity index is 126. The molecule has 0 aromatic carbocycles. The molecule has 0 heterocycles. The van der Waals surface area contributed by atoms with E-state index in [2.05, 4.69) is 0 Å². The summed E-state index contributed by atoms with van der Waals surface area (Å²) in [6.45, 7) is 5.55. The molecule has 0 aliphatic heterocycles. The lowest BCUT2D eigenvalue weighted by molar-refractivity contribution is 0.240. The summed E-state index contributed by atoms with van der Waals surface area (Å²) in [7, 11) is -0.589. The zero-order valence-electron chi connectivity index (χ0n) is 7.75. The minimum atomic E-state index is -0.589. The van der Waals surface area contributed by atoms with Crippen molar-refractivity contribution in [2.45, 2.75) is 13.8 Å². The van der Waals surface area contributed by atoms with Gasteiger partial charge in [-0.3, -0.25) is 0 Å². The smallest absolute Gasteiger partial charge is 0.304 e. The Balaban J connectivity index is -0.000000140. The van der Waals surface area contributed by atoms with Crippen LogP contribution in [0.25, 0.3) is 0 Å². The van der Waals surface area contributed by atoms with Gasteiger partial charge in [-0.15, -0.1) is 0 Å². The molecule has 76 valence electrons. The van der Waals surface area contributed by atoms with Crippen LogP contribution in [0, 0.1) is 10.8 Å². The zero-order valence-corrected chi connectivity index (χ0v) is 9.17. The van der Waals surface area contributed by atoms with Crippen molar-refractivity contribution in [3.8, 4) is 0 Å². The summed E-state index contributed by atoms with van der Waals surface area (Å²) >= 11 is 0. The van der Waals surface area contributed by atoms with Crippen LogP contribution in [-0.2, 0) is 18.4 Å². The molecule has 0 aliphatic carbocycles. The first kappa shape index (κ1) is 17.8. The van der Waals surface area contributed by atoms with Crippen LogP contribution in [-0.4, -0.2) is 35.4 Å². The number of nitrogens with one attached hydrogen (secondary N) is 2. The average Bonchev–Trinajstić information content (AvgIpc) is 2.08. The molecule has 0 atom stereocenters. The lowest BCUT2D eigenvalue weighted by Crippen LogP contribution is -2.02. The van der Waals surface area contributed by atoms with Crippen LogP contribution in [0.3, 0.4) is 0 Å². The summed E-state index contributed by atoms with van der Waals surface area (Å²) in [6.07, 6.45) is 1.50. The van der Waals surface area contributed by atoms with Crippen LogP contribution < -0.4 is 0 Å². The van der Waals surface area contributed by atoms with Crippen LogP contribution in [0.5, 0.6) is 0 Å². The SMILES string of the molecule is CCO[SiH2]OCC.N=C=O.N=C=O. The molecule has 2 N–H and O–H groups in total. The van der Waals surface area contributed by atoms with Crippen molar-refractivity contribution in [3.05, 3.63) is 0 Å². The number of isocyanates is 2. The molecule has 0 unspecified atom stereocenters. The van der Waals surface area contributed by atoms with Crippen molar-refractivity contribution in [3.63, 3.8) is 0 Å². The lowest BCUT2D eigenvalue weighted by Gasteiger charge is -1.96. The molecule has 13 heavy (non-hydrogen) atoms. The van der Waals surface area contributed by atoms with Crippen molar-refractivity contribution in [1.29, 1.82) is 10.8 Å². The quantitative estimate of drug-likeness (QED) is 0.289. The molecule has 0 aromatic rings. The van der Waals surface area contributed by atoms with Crippen molar-refractivity contribution >= 4 is 22.2 Å². The molecule has 0 amide bonds. The first-order valence-corrected chi connectivity index (χ1v) is 4.63. The van der Waals surface area contributed by atoms with Crippen molar-refractivity contribution in [2.75, 3.05) is 13.2 Å². The minimum absolute atomic E-state index is 0.589. The Hall–Kier alpha value is -1.10. The third kappa shape index (κ3) is 103. The molecule has 0 aliphatic rings. The molecule has 0 radical (unpaired) electrons. The van der Waals surface area contributed by atoms with Crippen LogP contribution in [0.15, 0.2) is 0 Å². The maximum absolute atomic E-state index is 8.35. The molecule has 0 saturated carbocycles. The fraction of sp³-hybridized carbons (Fsp3) is 0.667. The molecule has 0 aromatic heterocycles. The lowest BCUT2D eigenvalue weighted by atomic mass is 10.9. The van der Waals surface area contributed by atoms with Gasteiger partial charge in [-0.2, -0.15) is 0 Å². The Labute approximate surface area is 79.3 Å². The van der Waals surface area contributed by atoms with Gasteiger partial charge in [0.1, 0.15) is 0 Å². The number of carbonyl (C=O) groups excluding carboxylic acids is 2. The van der Waals surface area contributed by atoms with Crippen molar-refractivity contribution in [2.24, 2.45) is 0 Å². The molecule has 0 spiro atoms. The zero-order chi connectivity index (χ0) is 10.9. The van der Waals surface area contributed by atoms with Crippen LogP contribution in [0.4, 0.5) is 0 Å².